The first-order valence-corrected chi connectivity index (χ1v) is 5.27. The molecule has 2 aromatic carbocycles. The van der Waals surface area contributed by atoms with Crippen molar-refractivity contribution in [3.05, 3.63) is 66.0 Å². The minimum absolute atomic E-state index is 0.266. The Bertz CT molecular complexity index is 439. The van der Waals surface area contributed by atoms with Gasteiger partial charge in [0.15, 0.2) is 0 Å². The Labute approximate surface area is 94.5 Å². The third kappa shape index (κ3) is 3.09. The van der Waals surface area contributed by atoms with Gasteiger partial charge in [-0.1, -0.05) is 36.4 Å². The van der Waals surface area contributed by atoms with Gasteiger partial charge in [0.2, 0.25) is 0 Å². The molecular formula is C14H13FO. The van der Waals surface area contributed by atoms with Crippen molar-refractivity contribution in [3.8, 4) is 5.75 Å². The molecule has 1 nitrogen and oxygen atoms in total. The molecule has 0 aromatic heterocycles. The van der Waals surface area contributed by atoms with Gasteiger partial charge in [0.05, 0.1) is 6.61 Å². The summed E-state index contributed by atoms with van der Waals surface area (Å²) in [6.45, 7) is 0.563. The molecular weight excluding hydrogens is 203 g/mol. The number of benzene rings is 2. The van der Waals surface area contributed by atoms with Gasteiger partial charge in [-0.15, -0.1) is 0 Å². The van der Waals surface area contributed by atoms with Gasteiger partial charge >= 0.3 is 0 Å². The minimum Gasteiger partial charge on any atom is -0.493 e. The highest BCUT2D eigenvalue weighted by Gasteiger charge is 1.96. The van der Waals surface area contributed by atoms with Crippen LogP contribution >= 0.6 is 0 Å². The fourth-order valence-corrected chi connectivity index (χ4v) is 1.49. The average molecular weight is 216 g/mol. The Balaban J connectivity index is 1.85. The van der Waals surface area contributed by atoms with Gasteiger partial charge < -0.3 is 4.74 Å². The number of hydrogen-bond donors (Lipinski definition) is 0. The van der Waals surface area contributed by atoms with Crippen LogP contribution in [0.4, 0.5) is 4.39 Å². The third-order valence-electron chi connectivity index (χ3n) is 2.30. The van der Waals surface area contributed by atoms with Crippen LogP contribution in [0.1, 0.15) is 5.56 Å². The molecule has 16 heavy (non-hydrogen) atoms. The average Bonchev–Trinajstić information content (AvgIpc) is 2.30. The molecule has 2 rings (SSSR count). The molecule has 0 N–H and O–H groups in total. The van der Waals surface area contributed by atoms with E-state index in [-0.39, 0.29) is 5.82 Å². The molecule has 0 aliphatic carbocycles. The summed E-state index contributed by atoms with van der Waals surface area (Å²) < 4.78 is 18.3. The summed E-state index contributed by atoms with van der Waals surface area (Å²) in [5, 5.41) is 0. The molecule has 0 unspecified atom stereocenters. The predicted octanol–water partition coefficient (Wildman–Crippen LogP) is 3.45. The van der Waals surface area contributed by atoms with Crippen LogP contribution < -0.4 is 4.74 Å². The molecule has 0 bridgehead atoms. The highest BCUT2D eigenvalue weighted by atomic mass is 19.1. The lowest BCUT2D eigenvalue weighted by Gasteiger charge is -2.05. The quantitative estimate of drug-likeness (QED) is 0.760. The summed E-state index contributed by atoms with van der Waals surface area (Å²) in [5.41, 5.74) is 1.22. The molecule has 0 fully saturated rings. The number of halogens is 1. The largest absolute Gasteiger partial charge is 0.493 e. The highest BCUT2D eigenvalue weighted by Crippen LogP contribution is 2.12. The molecule has 0 aliphatic heterocycles. The summed E-state index contributed by atoms with van der Waals surface area (Å²) in [5.74, 6) is 0.313. The van der Waals surface area contributed by atoms with Crippen molar-refractivity contribution in [1.82, 2.24) is 0 Å². The Kier molecular flexibility index (Phi) is 3.54. The smallest absolute Gasteiger partial charge is 0.126 e. The molecule has 0 heterocycles. The van der Waals surface area contributed by atoms with Gasteiger partial charge in [0, 0.05) is 12.5 Å². The van der Waals surface area contributed by atoms with Crippen LogP contribution in [0.5, 0.6) is 5.75 Å². The molecule has 0 saturated carbocycles. The van der Waals surface area contributed by atoms with Gasteiger partial charge in [-0.3, -0.25) is 0 Å². The van der Waals surface area contributed by atoms with E-state index in [2.05, 4.69) is 12.1 Å². The van der Waals surface area contributed by atoms with Crippen molar-refractivity contribution in [1.29, 1.82) is 0 Å². The maximum Gasteiger partial charge on any atom is 0.126 e. The standard InChI is InChI=1S/C14H13FO/c15-13-7-4-8-14(11-13)16-10-9-12-5-2-1-3-6-12/h1-8,11H,9-10H2. The second kappa shape index (κ2) is 5.31. The van der Waals surface area contributed by atoms with Crippen molar-refractivity contribution in [2.24, 2.45) is 0 Å². The highest BCUT2D eigenvalue weighted by molar-refractivity contribution is 5.22. The second-order valence-electron chi connectivity index (χ2n) is 3.54. The normalized spacial score (nSPS) is 10.1. The van der Waals surface area contributed by atoms with Crippen molar-refractivity contribution >= 4 is 0 Å². The maximum absolute atomic E-state index is 12.8. The summed E-state index contributed by atoms with van der Waals surface area (Å²) in [4.78, 5) is 0. The van der Waals surface area contributed by atoms with E-state index in [0.29, 0.717) is 12.4 Å². The Hall–Kier alpha value is -1.83. The van der Waals surface area contributed by atoms with E-state index in [0.717, 1.165) is 6.42 Å². The summed E-state index contributed by atoms with van der Waals surface area (Å²) in [6.07, 6.45) is 0.831. The molecule has 0 amide bonds. The molecule has 82 valence electrons. The van der Waals surface area contributed by atoms with Crippen LogP contribution in [0.3, 0.4) is 0 Å². The van der Waals surface area contributed by atoms with Crippen LogP contribution in [0.2, 0.25) is 0 Å². The minimum atomic E-state index is -0.266. The zero-order valence-electron chi connectivity index (χ0n) is 8.90. The van der Waals surface area contributed by atoms with Crippen LogP contribution in [0, 0.1) is 5.82 Å². The topological polar surface area (TPSA) is 9.23 Å². The fraction of sp³-hybridized carbons (Fsp3) is 0.143. The molecule has 0 radical (unpaired) electrons. The van der Waals surface area contributed by atoms with Gasteiger partial charge in [-0.05, 0) is 17.7 Å². The monoisotopic (exact) mass is 216 g/mol. The van der Waals surface area contributed by atoms with E-state index in [1.165, 1.54) is 17.7 Å². The predicted molar refractivity (Wildman–Crippen MR) is 62.0 cm³/mol. The summed E-state index contributed by atoms with van der Waals surface area (Å²) >= 11 is 0. The first-order chi connectivity index (χ1) is 7.84. The Morgan fingerprint density at radius 2 is 1.75 bits per heavy atom. The molecule has 2 aromatic rings. The van der Waals surface area contributed by atoms with E-state index in [1.807, 2.05) is 18.2 Å². The first kappa shape index (κ1) is 10.7. The molecule has 0 spiro atoms. The summed E-state index contributed by atoms with van der Waals surface area (Å²) in [6, 6.07) is 16.3. The van der Waals surface area contributed by atoms with Gasteiger partial charge in [0.25, 0.3) is 0 Å². The van der Waals surface area contributed by atoms with Crippen molar-refractivity contribution < 1.29 is 9.13 Å². The fourth-order valence-electron chi connectivity index (χ4n) is 1.49. The SMILES string of the molecule is Fc1cccc(OCCc2ccccc2)c1. The van der Waals surface area contributed by atoms with Gasteiger partial charge in [-0.25, -0.2) is 4.39 Å². The van der Waals surface area contributed by atoms with Crippen LogP contribution in [0.15, 0.2) is 54.6 Å². The van der Waals surface area contributed by atoms with E-state index < -0.39 is 0 Å². The molecule has 0 atom stereocenters. The molecule has 0 saturated heterocycles. The van der Waals surface area contributed by atoms with Gasteiger partial charge in [0.1, 0.15) is 11.6 Å². The number of rotatable bonds is 4. The van der Waals surface area contributed by atoms with Crippen molar-refractivity contribution in [3.63, 3.8) is 0 Å². The second-order valence-corrected chi connectivity index (χ2v) is 3.54. The number of ether oxygens (including phenoxy) is 1. The van der Waals surface area contributed by atoms with E-state index >= 15 is 0 Å². The zero-order chi connectivity index (χ0) is 11.2. The lowest BCUT2D eigenvalue weighted by molar-refractivity contribution is 0.320. The van der Waals surface area contributed by atoms with Crippen LogP contribution in [-0.4, -0.2) is 6.61 Å². The maximum atomic E-state index is 12.8. The van der Waals surface area contributed by atoms with Gasteiger partial charge in [-0.2, -0.15) is 0 Å². The number of hydrogen-bond acceptors (Lipinski definition) is 1. The first-order valence-electron chi connectivity index (χ1n) is 5.27. The van der Waals surface area contributed by atoms with E-state index in [1.54, 1.807) is 12.1 Å². The van der Waals surface area contributed by atoms with E-state index in [9.17, 15) is 4.39 Å². The van der Waals surface area contributed by atoms with Crippen LogP contribution in [0.25, 0.3) is 0 Å². The lowest BCUT2D eigenvalue weighted by atomic mass is 10.2. The lowest BCUT2D eigenvalue weighted by Crippen LogP contribution is -2.01. The van der Waals surface area contributed by atoms with Crippen molar-refractivity contribution in [2.75, 3.05) is 6.61 Å². The zero-order valence-corrected chi connectivity index (χ0v) is 8.90. The molecule has 2 heteroatoms. The van der Waals surface area contributed by atoms with Crippen LogP contribution in [-0.2, 0) is 6.42 Å². The van der Waals surface area contributed by atoms with E-state index in [4.69, 9.17) is 4.74 Å². The third-order valence-corrected chi connectivity index (χ3v) is 2.30. The summed E-state index contributed by atoms with van der Waals surface area (Å²) in [7, 11) is 0. The Morgan fingerprint density at radius 3 is 2.50 bits per heavy atom. The van der Waals surface area contributed by atoms with Crippen molar-refractivity contribution in [2.45, 2.75) is 6.42 Å². The molecule has 0 aliphatic rings. The Morgan fingerprint density at radius 1 is 0.938 bits per heavy atom.